The van der Waals surface area contributed by atoms with E-state index < -0.39 is 10.8 Å². The van der Waals surface area contributed by atoms with Gasteiger partial charge in [-0.25, -0.2) is 5.43 Å². The number of carbonyl (C=O) groups excluding carboxylic acids is 1. The number of non-ortho nitro benzene ring substituents is 1. The highest BCUT2D eigenvalue weighted by Crippen LogP contribution is 2.51. The topological polar surface area (TPSA) is 122 Å². The summed E-state index contributed by atoms with van der Waals surface area (Å²) in [7, 11) is 3.05. The van der Waals surface area contributed by atoms with E-state index in [9.17, 15) is 14.9 Å². The minimum atomic E-state index is -0.533. The molecule has 0 radical (unpaired) electrons. The van der Waals surface area contributed by atoms with E-state index in [0.29, 0.717) is 35.0 Å². The molecule has 1 aliphatic heterocycles. The highest BCUT2D eigenvalue weighted by Gasteiger charge is 2.30. The summed E-state index contributed by atoms with van der Waals surface area (Å²) in [6.07, 6.45) is 2.95. The number of nitrogens with one attached hydrogen (secondary N) is 1. The van der Waals surface area contributed by atoms with Crippen molar-refractivity contribution in [1.29, 1.82) is 0 Å². The number of amides is 1. The number of benzene rings is 2. The van der Waals surface area contributed by atoms with E-state index in [4.69, 9.17) is 18.9 Å². The van der Waals surface area contributed by atoms with Crippen LogP contribution in [-0.4, -0.2) is 38.1 Å². The number of hydrazone groups is 1. The van der Waals surface area contributed by atoms with Crippen LogP contribution in [-0.2, 0) is 6.42 Å². The van der Waals surface area contributed by atoms with Gasteiger partial charge >= 0.3 is 0 Å². The number of methoxy groups -OCH3 is 2. The van der Waals surface area contributed by atoms with Gasteiger partial charge in [-0.15, -0.1) is 0 Å². The number of rotatable bonds is 8. The molecule has 0 aliphatic carbocycles. The first-order valence-electron chi connectivity index (χ1n) is 9.16. The predicted molar refractivity (Wildman–Crippen MR) is 108 cm³/mol. The smallest absolute Gasteiger partial charge is 0.271 e. The van der Waals surface area contributed by atoms with Gasteiger partial charge in [0.15, 0.2) is 11.5 Å². The summed E-state index contributed by atoms with van der Waals surface area (Å²) in [4.78, 5) is 22.5. The van der Waals surface area contributed by atoms with Gasteiger partial charge in [-0.3, -0.25) is 14.9 Å². The molecule has 0 aromatic heterocycles. The molecule has 0 unspecified atom stereocenters. The van der Waals surface area contributed by atoms with Crippen LogP contribution in [0, 0.1) is 10.1 Å². The van der Waals surface area contributed by atoms with Gasteiger partial charge in [0.2, 0.25) is 18.3 Å². The maximum atomic E-state index is 12.3. The van der Waals surface area contributed by atoms with Crippen LogP contribution in [0.3, 0.4) is 0 Å². The lowest BCUT2D eigenvalue weighted by Crippen LogP contribution is -2.17. The molecule has 10 nitrogen and oxygen atoms in total. The third kappa shape index (κ3) is 3.97. The average molecular weight is 415 g/mol. The van der Waals surface area contributed by atoms with Crippen LogP contribution in [0.2, 0.25) is 0 Å². The Morgan fingerprint density at radius 3 is 2.40 bits per heavy atom. The van der Waals surface area contributed by atoms with E-state index in [2.05, 4.69) is 10.5 Å². The van der Waals surface area contributed by atoms with Crippen molar-refractivity contribution in [3.8, 4) is 23.0 Å². The molecule has 0 saturated heterocycles. The average Bonchev–Trinajstić information content (AvgIpc) is 3.23. The monoisotopic (exact) mass is 415 g/mol. The minimum absolute atomic E-state index is 0.0467. The van der Waals surface area contributed by atoms with Crippen LogP contribution >= 0.6 is 0 Å². The van der Waals surface area contributed by atoms with Gasteiger partial charge in [0, 0.05) is 28.8 Å². The van der Waals surface area contributed by atoms with Crippen molar-refractivity contribution in [2.75, 3.05) is 21.0 Å². The third-order valence-corrected chi connectivity index (χ3v) is 4.48. The quantitative estimate of drug-likeness (QED) is 0.399. The Bertz CT molecular complexity index is 987. The van der Waals surface area contributed by atoms with E-state index in [0.717, 1.165) is 12.0 Å². The second-order valence-electron chi connectivity index (χ2n) is 6.28. The Labute approximate surface area is 172 Å². The summed E-state index contributed by atoms with van der Waals surface area (Å²) in [5.74, 6) is 1.35. The molecule has 0 fully saturated rings. The van der Waals surface area contributed by atoms with Gasteiger partial charge in [-0.1, -0.05) is 13.3 Å². The van der Waals surface area contributed by atoms with Crippen LogP contribution in [0.5, 0.6) is 23.0 Å². The summed E-state index contributed by atoms with van der Waals surface area (Å²) in [6, 6.07) is 5.22. The molecule has 3 rings (SSSR count). The maximum absolute atomic E-state index is 12.3. The van der Waals surface area contributed by atoms with Gasteiger partial charge in [0.05, 0.1) is 25.4 Å². The number of nitro benzene ring substituents is 1. The number of hydrogen-bond donors (Lipinski definition) is 1. The molecule has 30 heavy (non-hydrogen) atoms. The molecular formula is C20H21N3O7. The minimum Gasteiger partial charge on any atom is -0.492 e. The molecule has 2 aromatic rings. The number of nitro groups is 1. The first-order valence-corrected chi connectivity index (χ1v) is 9.16. The lowest BCUT2D eigenvalue weighted by Gasteiger charge is -2.17. The van der Waals surface area contributed by atoms with Crippen molar-refractivity contribution in [2.45, 2.75) is 19.8 Å². The molecule has 0 saturated carbocycles. The Morgan fingerprint density at radius 2 is 1.83 bits per heavy atom. The standard InChI is InChI=1S/C20H21N3O7/c1-4-5-14-15(17(28-3)19-18(16(14)27-2)29-11-30-19)10-21-22-20(24)12-6-8-13(9-7-12)23(25)26/h6-10H,4-5,11H2,1-3H3,(H,22,24). The molecule has 1 heterocycles. The zero-order valence-electron chi connectivity index (χ0n) is 16.8. The van der Waals surface area contributed by atoms with Crippen molar-refractivity contribution in [3.05, 3.63) is 51.1 Å². The molecule has 158 valence electrons. The van der Waals surface area contributed by atoms with Gasteiger partial charge in [0.1, 0.15) is 0 Å². The Morgan fingerprint density at radius 1 is 1.20 bits per heavy atom. The second kappa shape index (κ2) is 9.12. The fourth-order valence-electron chi connectivity index (χ4n) is 3.14. The van der Waals surface area contributed by atoms with Crippen LogP contribution < -0.4 is 24.4 Å². The van der Waals surface area contributed by atoms with E-state index in [1.807, 2.05) is 6.92 Å². The Hall–Kier alpha value is -3.82. The van der Waals surface area contributed by atoms with Crippen LogP contribution in [0.25, 0.3) is 0 Å². The van der Waals surface area contributed by atoms with Gasteiger partial charge in [0.25, 0.3) is 11.6 Å². The summed E-state index contributed by atoms with van der Waals surface area (Å²) in [6.45, 7) is 2.07. The van der Waals surface area contributed by atoms with Crippen molar-refractivity contribution in [1.82, 2.24) is 5.43 Å². The first-order chi connectivity index (χ1) is 14.5. The summed E-state index contributed by atoms with van der Waals surface area (Å²) < 4.78 is 22.1. The lowest BCUT2D eigenvalue weighted by molar-refractivity contribution is -0.384. The predicted octanol–water partition coefficient (Wildman–Crippen LogP) is 3.06. The number of ether oxygens (including phenoxy) is 4. The van der Waals surface area contributed by atoms with Gasteiger partial charge in [-0.2, -0.15) is 5.10 Å². The summed E-state index contributed by atoms with van der Waals surface area (Å²) >= 11 is 0. The fourth-order valence-corrected chi connectivity index (χ4v) is 3.14. The highest BCUT2D eigenvalue weighted by molar-refractivity contribution is 5.96. The molecule has 10 heteroatoms. The number of carbonyl (C=O) groups is 1. The van der Waals surface area contributed by atoms with Gasteiger partial charge in [-0.05, 0) is 18.6 Å². The number of fused-ring (bicyclic) bond motifs is 1. The van der Waals surface area contributed by atoms with Gasteiger partial charge < -0.3 is 18.9 Å². The SMILES string of the molecule is CCCc1c(C=NNC(=O)c2ccc([N+](=O)[O-])cc2)c(OC)c2c(c1OC)OCO2. The third-order valence-electron chi connectivity index (χ3n) is 4.48. The fraction of sp³-hybridized carbons (Fsp3) is 0.300. The molecular weight excluding hydrogens is 394 g/mol. The van der Waals surface area contributed by atoms with Crippen LogP contribution in [0.1, 0.15) is 34.8 Å². The van der Waals surface area contributed by atoms with E-state index >= 15 is 0 Å². The first kappa shape index (κ1) is 20.9. The molecule has 1 aliphatic rings. The van der Waals surface area contributed by atoms with E-state index in [1.54, 1.807) is 7.11 Å². The largest absolute Gasteiger partial charge is 0.492 e. The Kier molecular flexibility index (Phi) is 6.35. The van der Waals surface area contributed by atoms with E-state index in [-0.39, 0.29) is 18.0 Å². The number of nitrogens with zero attached hydrogens (tertiary/aromatic N) is 2. The number of hydrogen-bond acceptors (Lipinski definition) is 8. The second-order valence-corrected chi connectivity index (χ2v) is 6.28. The zero-order chi connectivity index (χ0) is 21.7. The summed E-state index contributed by atoms with van der Waals surface area (Å²) in [5, 5.41) is 14.8. The highest BCUT2D eigenvalue weighted by atomic mass is 16.7. The maximum Gasteiger partial charge on any atom is 0.271 e. The normalized spacial score (nSPS) is 12.1. The van der Waals surface area contributed by atoms with E-state index in [1.165, 1.54) is 37.6 Å². The summed E-state index contributed by atoms with van der Waals surface area (Å²) in [5.41, 5.74) is 3.97. The molecule has 0 bridgehead atoms. The van der Waals surface area contributed by atoms with Crippen molar-refractivity contribution in [3.63, 3.8) is 0 Å². The van der Waals surface area contributed by atoms with Crippen molar-refractivity contribution < 1.29 is 28.7 Å². The zero-order valence-corrected chi connectivity index (χ0v) is 16.8. The lowest BCUT2D eigenvalue weighted by atomic mass is 10.00. The molecule has 1 amide bonds. The van der Waals surface area contributed by atoms with Crippen LogP contribution in [0.15, 0.2) is 29.4 Å². The molecule has 1 N–H and O–H groups in total. The van der Waals surface area contributed by atoms with Crippen molar-refractivity contribution in [2.24, 2.45) is 5.10 Å². The molecule has 0 atom stereocenters. The van der Waals surface area contributed by atoms with Crippen molar-refractivity contribution >= 4 is 17.8 Å². The Balaban J connectivity index is 1.90. The van der Waals surface area contributed by atoms with Crippen LogP contribution in [0.4, 0.5) is 5.69 Å². The molecule has 2 aromatic carbocycles. The molecule has 0 spiro atoms.